The Hall–Kier alpha value is -1.78. The minimum Gasteiger partial charge on any atom is -0.387 e. The maximum absolute atomic E-state index is 12.2. The molecule has 2 fully saturated rings. The summed E-state index contributed by atoms with van der Waals surface area (Å²) < 4.78 is 34.3. The van der Waals surface area contributed by atoms with E-state index in [1.807, 2.05) is 0 Å². The molecule has 2 aliphatic heterocycles. The molecule has 0 spiro atoms. The van der Waals surface area contributed by atoms with Crippen molar-refractivity contribution in [2.75, 3.05) is 18.9 Å². The van der Waals surface area contributed by atoms with E-state index in [0.29, 0.717) is 29.8 Å². The Balaban J connectivity index is 1.28. The predicted molar refractivity (Wildman–Crippen MR) is 102 cm³/mol. The lowest BCUT2D eigenvalue weighted by Gasteiger charge is -2.38. The fourth-order valence-corrected chi connectivity index (χ4v) is 4.34. The molecular formula is C16H25N5O10P+. The summed E-state index contributed by atoms with van der Waals surface area (Å²) in [5, 5.41) is 38.4. The summed E-state index contributed by atoms with van der Waals surface area (Å²) in [6.07, 6.45) is -5.15. The van der Waals surface area contributed by atoms with Crippen molar-refractivity contribution in [2.45, 2.75) is 55.9 Å². The van der Waals surface area contributed by atoms with Crippen molar-refractivity contribution in [2.24, 2.45) is 0 Å². The Kier molecular flexibility index (Phi) is 6.74. The van der Waals surface area contributed by atoms with Crippen molar-refractivity contribution in [3.63, 3.8) is 0 Å². The Morgan fingerprint density at radius 3 is 2.66 bits per heavy atom. The molecule has 8 N–H and O–H groups in total. The number of fused-ring (bicyclic) bond motifs is 1. The molecule has 0 aromatic carbocycles. The number of rotatable bonds is 7. The van der Waals surface area contributed by atoms with Gasteiger partial charge in [-0.2, -0.15) is 0 Å². The number of aliphatic hydroxyl groups is 4. The van der Waals surface area contributed by atoms with Crippen molar-refractivity contribution >= 4 is 24.8 Å². The third kappa shape index (κ3) is 4.77. The zero-order valence-electron chi connectivity index (χ0n) is 16.7. The van der Waals surface area contributed by atoms with Gasteiger partial charge in [0.25, 0.3) is 11.5 Å². The lowest BCUT2D eigenvalue weighted by atomic mass is 10.00. The molecule has 178 valence electrons. The van der Waals surface area contributed by atoms with Crippen LogP contribution in [-0.4, -0.2) is 90.3 Å². The Morgan fingerprint density at radius 1 is 1.12 bits per heavy atom. The van der Waals surface area contributed by atoms with E-state index < -0.39 is 57.5 Å². The van der Waals surface area contributed by atoms with Gasteiger partial charge in [0.2, 0.25) is 6.33 Å². The van der Waals surface area contributed by atoms with Crippen LogP contribution in [0.1, 0.15) is 19.1 Å². The van der Waals surface area contributed by atoms with E-state index in [1.54, 1.807) is 4.57 Å². The topological polar surface area (TPSA) is 227 Å². The van der Waals surface area contributed by atoms with Crippen LogP contribution in [-0.2, 0) is 23.1 Å². The molecule has 0 aliphatic carbocycles. The fourth-order valence-electron chi connectivity index (χ4n) is 3.58. The fraction of sp³-hybridized carbons (Fsp3) is 0.688. The van der Waals surface area contributed by atoms with E-state index in [2.05, 4.69) is 15.0 Å². The standard InChI is InChI=1S/C16H24N5O10P/c17-14-10-15(19-5-18-10)20-6-21(14)9-2-1-7(30-9)3-28-32(26,27)29-4-8-11(22)12(23)13(24)16(25)31-8/h5-9,11-13,16,22-25H,1-4H2,(H3,17,18,19,26,27)/p+1/t7-,8+,9+,11+,12-,13+,16-/m0/s1. The number of nitrogens with one attached hydrogen (secondary N) is 1. The maximum atomic E-state index is 12.2. The van der Waals surface area contributed by atoms with Crippen LogP contribution < -0.4 is 10.3 Å². The monoisotopic (exact) mass is 478 g/mol. The molecule has 1 unspecified atom stereocenters. The third-order valence-electron chi connectivity index (χ3n) is 5.37. The number of hydrogen-bond donors (Lipinski definition) is 7. The quantitative estimate of drug-likeness (QED) is 0.161. The summed E-state index contributed by atoms with van der Waals surface area (Å²) >= 11 is 0. The highest BCUT2D eigenvalue weighted by atomic mass is 31.2. The van der Waals surface area contributed by atoms with Gasteiger partial charge >= 0.3 is 7.82 Å². The number of hydrogen-bond acceptors (Lipinski definition) is 12. The maximum Gasteiger partial charge on any atom is 0.472 e. The lowest BCUT2D eigenvalue weighted by molar-refractivity contribution is -0.748. The number of anilines is 1. The number of aliphatic hydroxyl groups excluding tert-OH is 4. The molecule has 2 aliphatic rings. The number of H-pyrrole nitrogens is 1. The molecule has 2 aromatic rings. The van der Waals surface area contributed by atoms with E-state index in [0.717, 1.165) is 0 Å². The zero-order valence-corrected chi connectivity index (χ0v) is 17.6. The average molecular weight is 478 g/mol. The van der Waals surface area contributed by atoms with Gasteiger partial charge in [0, 0.05) is 6.42 Å². The second kappa shape index (κ2) is 9.23. The summed E-state index contributed by atoms with van der Waals surface area (Å²) in [6, 6.07) is 0. The number of imidazole rings is 1. The summed E-state index contributed by atoms with van der Waals surface area (Å²) in [7, 11) is -4.57. The number of phosphoric acid groups is 1. The van der Waals surface area contributed by atoms with Gasteiger partial charge in [0.05, 0.1) is 25.6 Å². The summed E-state index contributed by atoms with van der Waals surface area (Å²) in [4.78, 5) is 21.0. The molecule has 15 nitrogen and oxygen atoms in total. The first-order valence-corrected chi connectivity index (χ1v) is 11.3. The summed E-state index contributed by atoms with van der Waals surface area (Å²) in [5.41, 5.74) is 7.17. The van der Waals surface area contributed by atoms with Crippen LogP contribution in [0.3, 0.4) is 0 Å². The van der Waals surface area contributed by atoms with E-state index in [1.165, 1.54) is 12.7 Å². The Morgan fingerprint density at radius 2 is 1.88 bits per heavy atom. The van der Waals surface area contributed by atoms with Crippen LogP contribution in [0.4, 0.5) is 5.82 Å². The van der Waals surface area contributed by atoms with Crippen LogP contribution in [0, 0.1) is 0 Å². The van der Waals surface area contributed by atoms with Crippen molar-refractivity contribution in [1.82, 2.24) is 15.0 Å². The summed E-state index contributed by atoms with van der Waals surface area (Å²) in [6.45, 7) is -0.936. The molecule has 0 radical (unpaired) electrons. The lowest BCUT2D eigenvalue weighted by Crippen LogP contribution is -2.58. The molecule has 4 rings (SSSR count). The van der Waals surface area contributed by atoms with E-state index in [-0.39, 0.29) is 6.61 Å². The van der Waals surface area contributed by atoms with Gasteiger partial charge in [-0.05, 0) is 6.42 Å². The van der Waals surface area contributed by atoms with Gasteiger partial charge in [-0.3, -0.25) is 9.05 Å². The third-order valence-corrected chi connectivity index (χ3v) is 6.32. The molecular weight excluding hydrogens is 453 g/mol. The second-order valence-corrected chi connectivity index (χ2v) is 8.98. The van der Waals surface area contributed by atoms with E-state index in [4.69, 9.17) is 24.3 Å². The van der Waals surface area contributed by atoms with Gasteiger partial charge in [-0.25, -0.2) is 14.1 Å². The SMILES string of the molecule is Nc1c2[nH]cnc2nc[n+]1[C@H]1CC[C@@H](COP(=O)(O)OC[C@H]2O[C@H](O)[C@H](O)[C@@H](O)[C@@H]2O)O1. The first-order valence-electron chi connectivity index (χ1n) is 9.80. The van der Waals surface area contributed by atoms with Crippen LogP contribution in [0.15, 0.2) is 12.7 Å². The normalized spacial score (nSPS) is 35.2. The number of nitrogen functional groups attached to an aromatic ring is 1. The molecule has 0 amide bonds. The molecule has 0 saturated carbocycles. The average Bonchev–Trinajstić information content (AvgIpc) is 3.43. The number of aromatic amines is 1. The van der Waals surface area contributed by atoms with Crippen molar-refractivity contribution < 1.29 is 53.0 Å². The number of phosphoric ester groups is 1. The highest BCUT2D eigenvalue weighted by molar-refractivity contribution is 7.47. The zero-order chi connectivity index (χ0) is 23.0. The van der Waals surface area contributed by atoms with Crippen LogP contribution in [0.25, 0.3) is 11.2 Å². The Labute approximate surface area is 181 Å². The van der Waals surface area contributed by atoms with Gasteiger partial charge in [0.1, 0.15) is 24.4 Å². The van der Waals surface area contributed by atoms with Gasteiger partial charge < -0.3 is 45.5 Å². The van der Waals surface area contributed by atoms with Crippen LogP contribution >= 0.6 is 7.82 Å². The number of aromatic nitrogens is 4. The molecule has 0 bridgehead atoms. The molecule has 8 atom stereocenters. The summed E-state index contributed by atoms with van der Waals surface area (Å²) in [5.74, 6) is 0.385. The number of nitrogens with two attached hydrogens (primary N) is 1. The molecule has 2 aromatic heterocycles. The Bertz CT molecular complexity index is 993. The van der Waals surface area contributed by atoms with E-state index in [9.17, 15) is 29.9 Å². The van der Waals surface area contributed by atoms with Gasteiger partial charge in [-0.15, -0.1) is 0 Å². The number of ether oxygens (including phenoxy) is 2. The smallest absolute Gasteiger partial charge is 0.387 e. The first-order chi connectivity index (χ1) is 15.2. The van der Waals surface area contributed by atoms with Crippen molar-refractivity contribution in [3.8, 4) is 0 Å². The number of nitrogens with zero attached hydrogens (tertiary/aromatic N) is 3. The molecule has 4 heterocycles. The first kappa shape index (κ1) is 23.4. The minimum absolute atomic E-state index is 0.261. The predicted octanol–water partition coefficient (Wildman–Crippen LogP) is -2.56. The molecule has 32 heavy (non-hydrogen) atoms. The minimum atomic E-state index is -4.57. The second-order valence-electron chi connectivity index (χ2n) is 7.53. The van der Waals surface area contributed by atoms with Crippen LogP contribution in [0.2, 0.25) is 0 Å². The van der Waals surface area contributed by atoms with Gasteiger partial charge in [0.15, 0.2) is 18.0 Å². The highest BCUT2D eigenvalue weighted by Crippen LogP contribution is 2.44. The molecule has 16 heteroatoms. The van der Waals surface area contributed by atoms with Crippen LogP contribution in [0.5, 0.6) is 0 Å². The van der Waals surface area contributed by atoms with Gasteiger partial charge in [-0.1, -0.05) is 4.98 Å². The van der Waals surface area contributed by atoms with E-state index >= 15 is 0 Å². The molecule has 2 saturated heterocycles. The largest absolute Gasteiger partial charge is 0.472 e. The highest BCUT2D eigenvalue weighted by Gasteiger charge is 2.44. The van der Waals surface area contributed by atoms with Crippen molar-refractivity contribution in [3.05, 3.63) is 12.7 Å². The van der Waals surface area contributed by atoms with Crippen molar-refractivity contribution in [1.29, 1.82) is 0 Å².